The molecule has 1 fully saturated rings. The van der Waals surface area contributed by atoms with Gasteiger partial charge in [-0.05, 0) is 51.1 Å². The van der Waals surface area contributed by atoms with Crippen LogP contribution in [0.2, 0.25) is 10.3 Å². The van der Waals surface area contributed by atoms with Gasteiger partial charge in [-0.25, -0.2) is 9.37 Å². The van der Waals surface area contributed by atoms with Crippen LogP contribution in [0.3, 0.4) is 0 Å². The minimum Gasteiger partial charge on any atom is -0.475 e. The van der Waals surface area contributed by atoms with E-state index in [4.69, 9.17) is 38.4 Å². The van der Waals surface area contributed by atoms with Crippen molar-refractivity contribution < 1.29 is 13.9 Å². The maximum Gasteiger partial charge on any atom is 0.225 e. The van der Waals surface area contributed by atoms with Crippen molar-refractivity contribution in [2.24, 2.45) is 10.8 Å². The fourth-order valence-electron chi connectivity index (χ4n) is 4.53. The maximum absolute atomic E-state index is 14.8. The molecule has 2 aromatic heterocycles. The van der Waals surface area contributed by atoms with Crippen LogP contribution in [0.1, 0.15) is 39.5 Å². The molecule has 1 saturated carbocycles. The number of alkyl halides is 1. The summed E-state index contributed by atoms with van der Waals surface area (Å²) in [6, 6.07) is -0.175. The number of hydrogen-bond donors (Lipinski definition) is 1. The molecule has 8 nitrogen and oxygen atoms in total. The lowest BCUT2D eigenvalue weighted by atomic mass is 9.88. The van der Waals surface area contributed by atoms with Crippen LogP contribution in [0.5, 0.6) is 0 Å². The number of hydrogen-bond acceptors (Lipinski definition) is 7. The largest absolute Gasteiger partial charge is 0.475 e. The van der Waals surface area contributed by atoms with Crippen molar-refractivity contribution >= 4 is 40.1 Å². The van der Waals surface area contributed by atoms with E-state index in [1.807, 2.05) is 18.9 Å². The monoisotopic (exact) mass is 486 g/mol. The normalized spacial score (nSPS) is 26.4. The Morgan fingerprint density at radius 3 is 2.69 bits per heavy atom. The van der Waals surface area contributed by atoms with E-state index in [9.17, 15) is 4.39 Å². The zero-order chi connectivity index (χ0) is 23.0. The Kier molecular flexibility index (Phi) is 6.81. The topological polar surface area (TPSA) is 90.8 Å². The van der Waals surface area contributed by atoms with Crippen molar-refractivity contribution in [2.45, 2.75) is 76.0 Å². The van der Waals surface area contributed by atoms with Crippen LogP contribution in [-0.2, 0) is 16.0 Å². The Morgan fingerprint density at radius 1 is 1.28 bits per heavy atom. The Balaban J connectivity index is 1.40. The lowest BCUT2D eigenvalue weighted by Gasteiger charge is -2.41. The molecule has 0 spiro atoms. The minimum atomic E-state index is -1.32. The van der Waals surface area contributed by atoms with E-state index >= 15 is 0 Å². The molecule has 0 amide bonds. The zero-order valence-corrected chi connectivity index (χ0v) is 20.0. The van der Waals surface area contributed by atoms with Gasteiger partial charge in [-0.2, -0.15) is 4.98 Å². The molecular formula is C21H29Cl2FN6O2. The SMILES string of the molecule is COC1CCC(N2N=C(OCC(F)Cn3cc(Cl)c4cnc(Cl)nc43)C(N)C2(C)C)CC1. The average molecular weight is 487 g/mol. The smallest absolute Gasteiger partial charge is 0.225 e. The Bertz CT molecular complexity index is 992. The molecule has 4 rings (SSSR count). The molecule has 32 heavy (non-hydrogen) atoms. The van der Waals surface area contributed by atoms with Gasteiger partial charge >= 0.3 is 0 Å². The van der Waals surface area contributed by atoms with E-state index in [0.717, 1.165) is 25.7 Å². The number of fused-ring (bicyclic) bond motifs is 1. The van der Waals surface area contributed by atoms with Gasteiger partial charge in [-0.1, -0.05) is 11.6 Å². The second-order valence-electron chi connectivity index (χ2n) is 8.99. The Hall–Kier alpha value is -1.68. The average Bonchev–Trinajstić information content (AvgIpc) is 3.19. The van der Waals surface area contributed by atoms with Crippen LogP contribution >= 0.6 is 23.2 Å². The first-order chi connectivity index (χ1) is 15.2. The first kappa shape index (κ1) is 23.5. The molecule has 0 aromatic carbocycles. The summed E-state index contributed by atoms with van der Waals surface area (Å²) in [6.07, 6.45) is 6.05. The van der Waals surface area contributed by atoms with Crippen molar-refractivity contribution in [1.29, 1.82) is 0 Å². The lowest BCUT2D eigenvalue weighted by Crippen LogP contribution is -2.55. The Labute approximate surface area is 196 Å². The lowest BCUT2D eigenvalue weighted by molar-refractivity contribution is 0.0112. The van der Waals surface area contributed by atoms with Crippen molar-refractivity contribution in [1.82, 2.24) is 19.5 Å². The number of aromatic nitrogens is 3. The van der Waals surface area contributed by atoms with Gasteiger partial charge in [0.25, 0.3) is 0 Å². The molecule has 1 aliphatic carbocycles. The first-order valence-electron chi connectivity index (χ1n) is 10.8. The van der Waals surface area contributed by atoms with Crippen molar-refractivity contribution in [3.8, 4) is 0 Å². The number of methoxy groups -OCH3 is 1. The molecule has 11 heteroatoms. The predicted molar refractivity (Wildman–Crippen MR) is 123 cm³/mol. The standard InChI is InChI=1S/C21H29Cl2FN6O2/c1-21(2)17(25)19(28-30(21)13-4-6-14(31-3)7-5-13)32-11-12(24)9-29-10-16(22)15-8-26-20(23)27-18(15)29/h8,10,12-14,17H,4-7,9,11,25H2,1-3H3. The van der Waals surface area contributed by atoms with Gasteiger partial charge in [0.2, 0.25) is 11.2 Å². The van der Waals surface area contributed by atoms with Crippen molar-refractivity contribution in [3.05, 3.63) is 22.7 Å². The zero-order valence-electron chi connectivity index (χ0n) is 18.5. The summed E-state index contributed by atoms with van der Waals surface area (Å²) in [4.78, 5) is 8.08. The number of ether oxygens (including phenoxy) is 2. The predicted octanol–water partition coefficient (Wildman–Crippen LogP) is 3.79. The maximum atomic E-state index is 14.8. The number of nitrogens with zero attached hydrogens (tertiary/aromatic N) is 5. The highest BCUT2D eigenvalue weighted by atomic mass is 35.5. The molecular weight excluding hydrogens is 458 g/mol. The Morgan fingerprint density at radius 2 is 2.00 bits per heavy atom. The summed E-state index contributed by atoms with van der Waals surface area (Å²) in [5.74, 6) is 0.368. The quantitative estimate of drug-likeness (QED) is 0.624. The van der Waals surface area contributed by atoms with E-state index in [-0.39, 0.29) is 24.5 Å². The molecule has 1 aliphatic heterocycles. The van der Waals surface area contributed by atoms with Crippen LogP contribution < -0.4 is 5.73 Å². The number of halogens is 3. The van der Waals surface area contributed by atoms with E-state index in [1.165, 1.54) is 6.20 Å². The van der Waals surface area contributed by atoms with Gasteiger partial charge in [0.05, 0.1) is 28.6 Å². The third kappa shape index (κ3) is 4.53. The number of nitrogens with two attached hydrogens (primary N) is 1. The molecule has 0 saturated heterocycles. The molecule has 2 N–H and O–H groups in total. The summed E-state index contributed by atoms with van der Waals surface area (Å²) < 4.78 is 27.7. The van der Waals surface area contributed by atoms with Crippen LogP contribution in [0.25, 0.3) is 11.0 Å². The van der Waals surface area contributed by atoms with Gasteiger partial charge in [-0.15, -0.1) is 5.10 Å². The summed E-state index contributed by atoms with van der Waals surface area (Å²) in [6.45, 7) is 3.92. The van der Waals surface area contributed by atoms with Crippen LogP contribution in [-0.4, -0.2) is 69.1 Å². The van der Waals surface area contributed by atoms with E-state index < -0.39 is 17.8 Å². The summed E-state index contributed by atoms with van der Waals surface area (Å²) in [5.41, 5.74) is 6.51. The molecule has 3 heterocycles. The highest BCUT2D eigenvalue weighted by Gasteiger charge is 2.46. The first-order valence-corrected chi connectivity index (χ1v) is 11.6. The molecule has 176 valence electrons. The van der Waals surface area contributed by atoms with Crippen LogP contribution in [0, 0.1) is 0 Å². The molecule has 2 aliphatic rings. The van der Waals surface area contributed by atoms with Crippen molar-refractivity contribution in [3.63, 3.8) is 0 Å². The van der Waals surface area contributed by atoms with Crippen LogP contribution in [0.4, 0.5) is 4.39 Å². The molecule has 2 atom stereocenters. The number of rotatable bonds is 6. The van der Waals surface area contributed by atoms with E-state index in [1.54, 1.807) is 17.9 Å². The summed E-state index contributed by atoms with van der Waals surface area (Å²) >= 11 is 12.1. The van der Waals surface area contributed by atoms with Crippen LogP contribution in [0.15, 0.2) is 17.5 Å². The highest BCUT2D eigenvalue weighted by molar-refractivity contribution is 6.35. The van der Waals surface area contributed by atoms with Gasteiger partial charge in [0.15, 0.2) is 6.17 Å². The van der Waals surface area contributed by atoms with Gasteiger partial charge < -0.3 is 19.8 Å². The fourth-order valence-corrected chi connectivity index (χ4v) is 4.91. The molecule has 2 unspecified atom stereocenters. The fraction of sp³-hybridized carbons (Fsp3) is 0.667. The highest BCUT2D eigenvalue weighted by Crippen LogP contribution is 2.35. The van der Waals surface area contributed by atoms with Crippen molar-refractivity contribution in [2.75, 3.05) is 13.7 Å². The summed E-state index contributed by atoms with van der Waals surface area (Å²) in [7, 11) is 1.75. The van der Waals surface area contributed by atoms with E-state index in [2.05, 4.69) is 15.1 Å². The second kappa shape index (κ2) is 9.29. The minimum absolute atomic E-state index is 0.00716. The third-order valence-corrected chi connectivity index (χ3v) is 6.97. The van der Waals surface area contributed by atoms with Gasteiger partial charge in [-0.3, -0.25) is 5.01 Å². The number of hydrazone groups is 1. The van der Waals surface area contributed by atoms with Gasteiger partial charge in [0, 0.05) is 25.5 Å². The van der Waals surface area contributed by atoms with Gasteiger partial charge in [0.1, 0.15) is 18.3 Å². The summed E-state index contributed by atoms with van der Waals surface area (Å²) in [5, 5.41) is 7.85. The third-order valence-electron chi connectivity index (χ3n) is 6.49. The molecule has 0 bridgehead atoms. The molecule has 2 aromatic rings. The molecule has 0 radical (unpaired) electrons. The second-order valence-corrected chi connectivity index (χ2v) is 9.74. The van der Waals surface area contributed by atoms with E-state index in [0.29, 0.717) is 28.1 Å².